The van der Waals surface area contributed by atoms with E-state index in [4.69, 9.17) is 0 Å². The van der Waals surface area contributed by atoms with Crippen LogP contribution < -0.4 is 0 Å². The molecule has 0 aromatic heterocycles. The monoisotopic (exact) mass is 256 g/mol. The van der Waals surface area contributed by atoms with E-state index in [0.717, 1.165) is 17.4 Å². The first kappa shape index (κ1) is 13.5. The summed E-state index contributed by atoms with van der Waals surface area (Å²) in [7, 11) is 0. The molecule has 0 radical (unpaired) electrons. The molecule has 2 heteroatoms. The standard InChI is InChI=1S/C17H17FO/c1-13-5-3-6-14(9-13)11-17(2,12-19)15-7-4-8-16(18)10-15/h3-10,12H,11H2,1-2H3. The van der Waals surface area contributed by atoms with Crippen molar-refractivity contribution in [2.24, 2.45) is 0 Å². The van der Waals surface area contributed by atoms with Crippen molar-refractivity contribution in [3.8, 4) is 0 Å². The maximum atomic E-state index is 13.3. The molecule has 0 N–H and O–H groups in total. The lowest BCUT2D eigenvalue weighted by atomic mass is 9.78. The second-order valence-electron chi connectivity index (χ2n) is 5.21. The summed E-state index contributed by atoms with van der Waals surface area (Å²) >= 11 is 0. The van der Waals surface area contributed by atoms with Crippen molar-refractivity contribution in [2.75, 3.05) is 0 Å². The molecule has 0 saturated heterocycles. The van der Waals surface area contributed by atoms with Crippen molar-refractivity contribution in [3.63, 3.8) is 0 Å². The van der Waals surface area contributed by atoms with Crippen molar-refractivity contribution in [1.82, 2.24) is 0 Å². The number of rotatable bonds is 4. The smallest absolute Gasteiger partial charge is 0.130 e. The van der Waals surface area contributed by atoms with Crippen LogP contribution in [0.15, 0.2) is 48.5 Å². The van der Waals surface area contributed by atoms with E-state index in [1.807, 2.05) is 32.0 Å². The van der Waals surface area contributed by atoms with Gasteiger partial charge in [0.25, 0.3) is 0 Å². The van der Waals surface area contributed by atoms with E-state index in [-0.39, 0.29) is 5.82 Å². The topological polar surface area (TPSA) is 17.1 Å². The summed E-state index contributed by atoms with van der Waals surface area (Å²) in [6.07, 6.45) is 1.48. The minimum atomic E-state index is -0.699. The third kappa shape index (κ3) is 3.08. The van der Waals surface area contributed by atoms with Crippen LogP contribution in [0.4, 0.5) is 4.39 Å². The van der Waals surface area contributed by atoms with Crippen LogP contribution in [0.25, 0.3) is 0 Å². The van der Waals surface area contributed by atoms with Crippen LogP contribution in [0.1, 0.15) is 23.6 Å². The Balaban J connectivity index is 2.35. The second kappa shape index (κ2) is 5.35. The molecule has 0 aliphatic rings. The van der Waals surface area contributed by atoms with E-state index >= 15 is 0 Å². The van der Waals surface area contributed by atoms with Gasteiger partial charge in [-0.2, -0.15) is 0 Å². The highest BCUT2D eigenvalue weighted by molar-refractivity contribution is 5.68. The van der Waals surface area contributed by atoms with Gasteiger partial charge in [-0.05, 0) is 43.5 Å². The van der Waals surface area contributed by atoms with Gasteiger partial charge in [0, 0.05) is 0 Å². The molecule has 0 aliphatic heterocycles. The van der Waals surface area contributed by atoms with E-state index in [0.29, 0.717) is 12.0 Å². The molecule has 1 atom stereocenters. The first-order valence-corrected chi connectivity index (χ1v) is 6.31. The van der Waals surface area contributed by atoms with Crippen LogP contribution >= 0.6 is 0 Å². The molecule has 0 saturated carbocycles. The number of hydrogen-bond acceptors (Lipinski definition) is 1. The Morgan fingerprint density at radius 2 is 1.89 bits per heavy atom. The molecular weight excluding hydrogens is 239 g/mol. The Kier molecular flexibility index (Phi) is 3.79. The van der Waals surface area contributed by atoms with Gasteiger partial charge in [0.1, 0.15) is 12.1 Å². The fraction of sp³-hybridized carbons (Fsp3) is 0.235. The molecule has 19 heavy (non-hydrogen) atoms. The molecule has 98 valence electrons. The molecule has 0 bridgehead atoms. The first-order valence-electron chi connectivity index (χ1n) is 6.31. The predicted molar refractivity (Wildman–Crippen MR) is 74.7 cm³/mol. The maximum absolute atomic E-state index is 13.3. The van der Waals surface area contributed by atoms with Crippen molar-refractivity contribution in [2.45, 2.75) is 25.7 Å². The molecule has 0 spiro atoms. The van der Waals surface area contributed by atoms with Crippen molar-refractivity contribution in [1.29, 1.82) is 0 Å². The zero-order valence-electron chi connectivity index (χ0n) is 11.2. The highest BCUT2D eigenvalue weighted by Crippen LogP contribution is 2.27. The second-order valence-corrected chi connectivity index (χ2v) is 5.21. The van der Waals surface area contributed by atoms with Crippen LogP contribution in [0.5, 0.6) is 0 Å². The lowest BCUT2D eigenvalue weighted by Crippen LogP contribution is -2.27. The Hall–Kier alpha value is -1.96. The Morgan fingerprint density at radius 3 is 2.53 bits per heavy atom. The summed E-state index contributed by atoms with van der Waals surface area (Å²) in [5.74, 6) is -0.310. The van der Waals surface area contributed by atoms with E-state index in [1.54, 1.807) is 12.1 Å². The van der Waals surface area contributed by atoms with Crippen LogP contribution in [0.2, 0.25) is 0 Å². The number of halogens is 1. The Morgan fingerprint density at radius 1 is 1.16 bits per heavy atom. The molecule has 2 aromatic rings. The molecular formula is C17H17FO. The summed E-state index contributed by atoms with van der Waals surface area (Å²) in [4.78, 5) is 11.5. The molecule has 0 fully saturated rings. The zero-order valence-corrected chi connectivity index (χ0v) is 11.2. The summed E-state index contributed by atoms with van der Waals surface area (Å²) < 4.78 is 13.3. The molecule has 0 heterocycles. The highest BCUT2D eigenvalue weighted by atomic mass is 19.1. The minimum absolute atomic E-state index is 0.310. The SMILES string of the molecule is Cc1cccc(CC(C)(C=O)c2cccc(F)c2)c1. The van der Waals surface area contributed by atoms with E-state index in [2.05, 4.69) is 6.07 Å². The Labute approximate surface area is 113 Å². The van der Waals surface area contributed by atoms with Crippen LogP contribution in [-0.4, -0.2) is 6.29 Å². The fourth-order valence-corrected chi connectivity index (χ4v) is 2.30. The number of carbonyl (C=O) groups is 1. The summed E-state index contributed by atoms with van der Waals surface area (Å²) in [6, 6.07) is 14.3. The number of benzene rings is 2. The van der Waals surface area contributed by atoms with Gasteiger partial charge in [-0.3, -0.25) is 0 Å². The normalized spacial score (nSPS) is 13.8. The van der Waals surface area contributed by atoms with E-state index in [1.165, 1.54) is 12.1 Å². The van der Waals surface area contributed by atoms with Crippen molar-refractivity contribution >= 4 is 6.29 Å². The van der Waals surface area contributed by atoms with Gasteiger partial charge in [0.05, 0.1) is 5.41 Å². The third-order valence-corrected chi connectivity index (χ3v) is 3.40. The summed E-state index contributed by atoms with van der Waals surface area (Å²) in [5, 5.41) is 0. The average molecular weight is 256 g/mol. The molecule has 0 aliphatic carbocycles. The molecule has 0 amide bonds. The summed E-state index contributed by atoms with van der Waals surface area (Å²) in [5.41, 5.74) is 2.25. The number of aldehydes is 1. The largest absolute Gasteiger partial charge is 0.302 e. The molecule has 2 aromatic carbocycles. The van der Waals surface area contributed by atoms with Crippen molar-refractivity contribution < 1.29 is 9.18 Å². The van der Waals surface area contributed by atoms with Crippen LogP contribution in [-0.2, 0) is 16.6 Å². The molecule has 1 nitrogen and oxygen atoms in total. The highest BCUT2D eigenvalue weighted by Gasteiger charge is 2.26. The lowest BCUT2D eigenvalue weighted by Gasteiger charge is -2.24. The van der Waals surface area contributed by atoms with Crippen LogP contribution in [0.3, 0.4) is 0 Å². The maximum Gasteiger partial charge on any atom is 0.130 e. The van der Waals surface area contributed by atoms with Gasteiger partial charge in [0.2, 0.25) is 0 Å². The predicted octanol–water partition coefficient (Wildman–Crippen LogP) is 3.83. The Bertz CT molecular complexity index is 591. The number of carbonyl (C=O) groups excluding carboxylic acids is 1. The van der Waals surface area contributed by atoms with Gasteiger partial charge in [-0.15, -0.1) is 0 Å². The van der Waals surface area contributed by atoms with Gasteiger partial charge < -0.3 is 4.79 Å². The van der Waals surface area contributed by atoms with Gasteiger partial charge in [0.15, 0.2) is 0 Å². The molecule has 2 rings (SSSR count). The van der Waals surface area contributed by atoms with E-state index < -0.39 is 5.41 Å². The van der Waals surface area contributed by atoms with Gasteiger partial charge in [-0.25, -0.2) is 4.39 Å². The zero-order chi connectivity index (χ0) is 13.9. The van der Waals surface area contributed by atoms with Gasteiger partial charge in [-0.1, -0.05) is 42.0 Å². The quantitative estimate of drug-likeness (QED) is 0.760. The lowest BCUT2D eigenvalue weighted by molar-refractivity contribution is -0.112. The third-order valence-electron chi connectivity index (χ3n) is 3.40. The van der Waals surface area contributed by atoms with E-state index in [9.17, 15) is 9.18 Å². The average Bonchev–Trinajstić information content (AvgIpc) is 2.38. The number of hydrogen-bond donors (Lipinski definition) is 0. The fourth-order valence-electron chi connectivity index (χ4n) is 2.30. The number of aryl methyl sites for hydroxylation is 1. The van der Waals surface area contributed by atoms with Gasteiger partial charge >= 0.3 is 0 Å². The minimum Gasteiger partial charge on any atom is -0.302 e. The van der Waals surface area contributed by atoms with Crippen LogP contribution in [0, 0.1) is 12.7 Å². The van der Waals surface area contributed by atoms with Crippen molar-refractivity contribution in [3.05, 3.63) is 71.0 Å². The summed E-state index contributed by atoms with van der Waals surface area (Å²) in [6.45, 7) is 3.86. The molecule has 1 unspecified atom stereocenters. The first-order chi connectivity index (χ1) is 9.03.